The lowest BCUT2D eigenvalue weighted by Gasteiger charge is -2.13. The van der Waals surface area contributed by atoms with Crippen LogP contribution in [0.3, 0.4) is 0 Å². The average molecular weight is 322 g/mol. The third-order valence-corrected chi connectivity index (χ3v) is 3.65. The Balaban J connectivity index is 2.21. The molecular formula is C9H7FN2O8S. The molecule has 12 heteroatoms. The molecule has 1 aliphatic rings. The molecule has 2 aromatic heterocycles. The van der Waals surface area contributed by atoms with E-state index in [-0.39, 0.29) is 31.7 Å². The van der Waals surface area contributed by atoms with E-state index in [4.69, 9.17) is 0 Å². The molecule has 0 fully saturated rings. The fourth-order valence-corrected chi connectivity index (χ4v) is 2.56. The van der Waals surface area contributed by atoms with Crippen LogP contribution in [0.15, 0.2) is 0 Å². The van der Waals surface area contributed by atoms with E-state index in [1.165, 1.54) is 0 Å². The zero-order chi connectivity index (χ0) is 15.7. The number of nitrogens with zero attached hydrogens (tertiary/aromatic N) is 2. The van der Waals surface area contributed by atoms with Crippen LogP contribution >= 0.6 is 0 Å². The second-order valence-electron chi connectivity index (χ2n) is 4.14. The largest absolute Gasteiger partial charge is 0.492 e. The molecule has 0 amide bonds. The fraction of sp³-hybridized carbons (Fsp3) is 0.111. The first kappa shape index (κ1) is 13.2. The van der Waals surface area contributed by atoms with E-state index < -0.39 is 39.6 Å². The molecule has 0 unspecified atom stereocenters. The zero-order valence-electron chi connectivity index (χ0n) is 9.85. The van der Waals surface area contributed by atoms with E-state index in [0.717, 1.165) is 0 Å². The minimum absolute atomic E-state index is 0.00699. The summed E-state index contributed by atoms with van der Waals surface area (Å²) < 4.78 is 38.5. The monoisotopic (exact) mass is 322 g/mol. The average Bonchev–Trinajstić information content (AvgIpc) is 2.68. The Morgan fingerprint density at radius 1 is 0.905 bits per heavy atom. The van der Waals surface area contributed by atoms with Gasteiger partial charge in [0.1, 0.15) is 0 Å². The SMILES string of the molecule is O=S(=O)(CF)On1c(O)c2c(c1O)-c1c-2c(O)n(O)c1O. The molecule has 0 saturated heterocycles. The van der Waals surface area contributed by atoms with Crippen molar-refractivity contribution in [3.05, 3.63) is 0 Å². The third kappa shape index (κ3) is 1.41. The van der Waals surface area contributed by atoms with Crippen molar-refractivity contribution in [2.24, 2.45) is 0 Å². The number of rotatable bonds is 3. The molecule has 0 spiro atoms. The Bertz CT molecular complexity index is 830. The number of aromatic nitrogens is 2. The van der Waals surface area contributed by atoms with E-state index in [1.807, 2.05) is 0 Å². The first-order valence-corrected chi connectivity index (χ1v) is 6.80. The van der Waals surface area contributed by atoms with E-state index >= 15 is 0 Å². The molecule has 0 bridgehead atoms. The highest BCUT2D eigenvalue weighted by molar-refractivity contribution is 7.86. The molecular weight excluding hydrogens is 315 g/mol. The van der Waals surface area contributed by atoms with E-state index in [1.54, 1.807) is 0 Å². The van der Waals surface area contributed by atoms with Gasteiger partial charge in [-0.2, -0.15) is 8.42 Å². The van der Waals surface area contributed by atoms with Crippen LogP contribution in [0.5, 0.6) is 23.5 Å². The second kappa shape index (κ2) is 3.66. The predicted octanol–water partition coefficient (Wildman–Crippen LogP) is -0.318. The van der Waals surface area contributed by atoms with Gasteiger partial charge < -0.3 is 25.6 Å². The van der Waals surface area contributed by atoms with Gasteiger partial charge in [0.15, 0.2) is 0 Å². The van der Waals surface area contributed by atoms with Crippen LogP contribution < -0.4 is 4.28 Å². The lowest BCUT2D eigenvalue weighted by Crippen LogP contribution is -2.20. The summed E-state index contributed by atoms with van der Waals surface area (Å²) in [6.45, 7) is 0. The highest BCUT2D eigenvalue weighted by atomic mass is 32.2. The summed E-state index contributed by atoms with van der Waals surface area (Å²) in [4.78, 5) is 0. The van der Waals surface area contributed by atoms with Gasteiger partial charge in [-0.1, -0.05) is 4.73 Å². The molecule has 0 aliphatic heterocycles. The Morgan fingerprint density at radius 2 is 1.29 bits per heavy atom. The normalized spacial score (nSPS) is 12.6. The summed E-state index contributed by atoms with van der Waals surface area (Å²) in [5.41, 5.74) is -0.982. The standard InChI is InChI=1S/C9H7FN2O8S/c10-1-21(18,19)20-12-8(15)4-2-3(5(4)9(12)16)7(14)11(17)6(2)13/h13-17H,1H2. The smallest absolute Gasteiger partial charge is 0.357 e. The molecule has 21 heavy (non-hydrogen) atoms. The minimum atomic E-state index is -4.70. The first-order valence-electron chi connectivity index (χ1n) is 5.23. The first-order chi connectivity index (χ1) is 9.71. The lowest BCUT2D eigenvalue weighted by atomic mass is 9.86. The van der Waals surface area contributed by atoms with Crippen molar-refractivity contribution in [3.63, 3.8) is 0 Å². The van der Waals surface area contributed by atoms with Crippen molar-refractivity contribution in [3.8, 4) is 45.8 Å². The van der Waals surface area contributed by atoms with Crippen LogP contribution in [0.1, 0.15) is 0 Å². The van der Waals surface area contributed by atoms with Crippen LogP contribution in [-0.2, 0) is 10.1 Å². The van der Waals surface area contributed by atoms with Gasteiger partial charge in [-0.05, 0) is 0 Å². The fourth-order valence-electron chi connectivity index (χ4n) is 2.15. The van der Waals surface area contributed by atoms with E-state index in [2.05, 4.69) is 4.28 Å². The van der Waals surface area contributed by atoms with Gasteiger partial charge in [0.25, 0.3) is 0 Å². The highest BCUT2D eigenvalue weighted by Gasteiger charge is 2.44. The molecule has 2 aromatic rings. The molecule has 0 radical (unpaired) electrons. The van der Waals surface area contributed by atoms with Crippen molar-refractivity contribution in [1.82, 2.24) is 9.46 Å². The number of hydrogen-bond donors (Lipinski definition) is 5. The van der Waals surface area contributed by atoms with Crippen LogP contribution in [-0.4, -0.2) is 49.5 Å². The van der Waals surface area contributed by atoms with Crippen LogP contribution in [0.25, 0.3) is 22.3 Å². The summed E-state index contributed by atoms with van der Waals surface area (Å²) in [6, 6.07) is -1.90. The molecule has 3 rings (SSSR count). The number of alkyl halides is 1. The van der Waals surface area contributed by atoms with Gasteiger partial charge in [0.05, 0.1) is 22.3 Å². The summed E-state index contributed by atoms with van der Waals surface area (Å²) in [6.07, 6.45) is 0. The minimum Gasteiger partial charge on any atom is -0.492 e. The summed E-state index contributed by atoms with van der Waals surface area (Å²) in [7, 11) is -4.70. The van der Waals surface area contributed by atoms with Crippen molar-refractivity contribution >= 4 is 10.1 Å². The van der Waals surface area contributed by atoms with Crippen LogP contribution in [0.2, 0.25) is 0 Å². The number of hydrogen-bond acceptors (Lipinski definition) is 8. The van der Waals surface area contributed by atoms with E-state index in [9.17, 15) is 38.4 Å². The van der Waals surface area contributed by atoms with Crippen molar-refractivity contribution in [2.45, 2.75) is 0 Å². The maximum absolute atomic E-state index is 12.2. The van der Waals surface area contributed by atoms with Gasteiger partial charge in [-0.3, -0.25) is 4.28 Å². The molecule has 2 heterocycles. The summed E-state index contributed by atoms with van der Waals surface area (Å²) >= 11 is 0. The van der Waals surface area contributed by atoms with Gasteiger partial charge in [0.2, 0.25) is 29.5 Å². The molecule has 10 nitrogen and oxygen atoms in total. The Hall–Kier alpha value is -2.76. The van der Waals surface area contributed by atoms with Crippen molar-refractivity contribution < 1.29 is 42.7 Å². The van der Waals surface area contributed by atoms with E-state index in [0.29, 0.717) is 0 Å². The molecule has 1 aliphatic carbocycles. The Morgan fingerprint density at radius 3 is 1.67 bits per heavy atom. The maximum atomic E-state index is 12.2. The van der Waals surface area contributed by atoms with Gasteiger partial charge in [-0.25, -0.2) is 4.39 Å². The van der Waals surface area contributed by atoms with Gasteiger partial charge >= 0.3 is 10.1 Å². The topological polar surface area (TPSA) is 154 Å². The third-order valence-electron chi connectivity index (χ3n) is 3.00. The second-order valence-corrected chi connectivity index (χ2v) is 5.62. The van der Waals surface area contributed by atoms with Crippen molar-refractivity contribution in [1.29, 1.82) is 0 Å². The maximum Gasteiger partial charge on any atom is 0.357 e. The Labute approximate surface area is 115 Å². The number of aromatic hydroxyl groups is 4. The zero-order valence-corrected chi connectivity index (χ0v) is 10.7. The Kier molecular flexibility index (Phi) is 2.31. The molecule has 0 aromatic carbocycles. The van der Waals surface area contributed by atoms with Gasteiger partial charge in [-0.15, -0.1) is 4.73 Å². The van der Waals surface area contributed by atoms with Crippen molar-refractivity contribution in [2.75, 3.05) is 6.01 Å². The summed E-state index contributed by atoms with van der Waals surface area (Å²) in [5.74, 6) is -3.58. The summed E-state index contributed by atoms with van der Waals surface area (Å²) in [5, 5.41) is 47.9. The molecule has 0 saturated carbocycles. The molecule has 0 atom stereocenters. The predicted molar refractivity (Wildman–Crippen MR) is 62.2 cm³/mol. The molecule has 114 valence electrons. The van der Waals surface area contributed by atoms with Gasteiger partial charge in [0, 0.05) is 0 Å². The lowest BCUT2D eigenvalue weighted by molar-refractivity contribution is 0.131. The number of halogens is 1. The highest BCUT2D eigenvalue weighted by Crippen LogP contribution is 2.64. The molecule has 5 N–H and O–H groups in total. The van der Waals surface area contributed by atoms with Crippen LogP contribution in [0.4, 0.5) is 4.39 Å². The number of fused-ring (bicyclic) bond motifs is 4. The van der Waals surface area contributed by atoms with Crippen LogP contribution in [0, 0.1) is 0 Å². The quantitative estimate of drug-likeness (QED) is 0.411.